The molecule has 0 bridgehead atoms. The average molecular weight is 240 g/mol. The van der Waals surface area contributed by atoms with Crippen LogP contribution in [0.3, 0.4) is 0 Å². The highest BCUT2D eigenvalue weighted by Gasteiger charge is 2.23. The van der Waals surface area contributed by atoms with Crippen LogP contribution in [0.2, 0.25) is 0 Å². The third-order valence-corrected chi connectivity index (χ3v) is 4.04. The molecule has 1 fully saturated rings. The lowest BCUT2D eigenvalue weighted by atomic mass is 10.0. The number of nitrogens with zero attached hydrogens (tertiary/aromatic N) is 1. The van der Waals surface area contributed by atoms with Crippen LogP contribution in [0.5, 0.6) is 0 Å². The van der Waals surface area contributed by atoms with Gasteiger partial charge in [-0.3, -0.25) is 0 Å². The zero-order chi connectivity index (χ0) is 12.7. The normalized spacial score (nSPS) is 19.4. The van der Waals surface area contributed by atoms with Crippen LogP contribution in [-0.2, 0) is 0 Å². The van der Waals surface area contributed by atoms with Crippen molar-refractivity contribution in [1.29, 1.82) is 0 Å². The van der Waals surface area contributed by atoms with E-state index in [1.54, 1.807) is 0 Å². The summed E-state index contributed by atoms with van der Waals surface area (Å²) in [7, 11) is 0. The molecule has 2 N–H and O–H groups in total. The van der Waals surface area contributed by atoms with Crippen LogP contribution < -0.4 is 5.73 Å². The van der Waals surface area contributed by atoms with Gasteiger partial charge in [-0.2, -0.15) is 0 Å². The molecule has 0 saturated heterocycles. The molecule has 0 heterocycles. The molecule has 1 unspecified atom stereocenters. The maximum absolute atomic E-state index is 5.66. The summed E-state index contributed by atoms with van der Waals surface area (Å²) in [6.45, 7) is 10.4. The molecule has 0 aromatic rings. The van der Waals surface area contributed by atoms with E-state index in [0.717, 1.165) is 24.4 Å². The van der Waals surface area contributed by atoms with Crippen molar-refractivity contribution >= 4 is 0 Å². The summed E-state index contributed by atoms with van der Waals surface area (Å²) < 4.78 is 0. The van der Waals surface area contributed by atoms with Crippen molar-refractivity contribution in [3.8, 4) is 0 Å². The minimum Gasteiger partial charge on any atom is -0.330 e. The van der Waals surface area contributed by atoms with Gasteiger partial charge < -0.3 is 10.6 Å². The van der Waals surface area contributed by atoms with Gasteiger partial charge in [-0.1, -0.05) is 33.6 Å². The number of hydrogen-bond donors (Lipinski definition) is 1. The molecule has 0 aliphatic heterocycles. The molecule has 0 spiro atoms. The number of nitrogens with two attached hydrogens (primary N) is 1. The Kier molecular flexibility index (Phi) is 7.14. The molecular formula is C15H32N2. The van der Waals surface area contributed by atoms with E-state index in [2.05, 4.69) is 25.7 Å². The van der Waals surface area contributed by atoms with Crippen LogP contribution in [0.15, 0.2) is 0 Å². The van der Waals surface area contributed by atoms with Gasteiger partial charge in [0.15, 0.2) is 0 Å². The van der Waals surface area contributed by atoms with Crippen LogP contribution >= 0.6 is 0 Å². The third-order valence-electron chi connectivity index (χ3n) is 4.04. The van der Waals surface area contributed by atoms with Crippen LogP contribution in [0.4, 0.5) is 0 Å². The van der Waals surface area contributed by atoms with Gasteiger partial charge in [-0.25, -0.2) is 0 Å². The lowest BCUT2D eigenvalue weighted by Crippen LogP contribution is -2.38. The van der Waals surface area contributed by atoms with Crippen molar-refractivity contribution in [1.82, 2.24) is 4.90 Å². The molecule has 1 rings (SSSR count). The highest BCUT2D eigenvalue weighted by atomic mass is 15.2. The monoisotopic (exact) mass is 240 g/mol. The third kappa shape index (κ3) is 5.87. The summed E-state index contributed by atoms with van der Waals surface area (Å²) in [6.07, 6.45) is 8.24. The standard InChI is InChI=1S/C15H32N2/c1-13(2)9-11-17(12-14(3)8-10-16)15-6-4-5-7-15/h13-15H,4-12,16H2,1-3H3. The van der Waals surface area contributed by atoms with E-state index in [-0.39, 0.29) is 0 Å². The highest BCUT2D eigenvalue weighted by Crippen LogP contribution is 2.25. The van der Waals surface area contributed by atoms with Crippen molar-refractivity contribution < 1.29 is 0 Å². The SMILES string of the molecule is CC(C)CCN(CC(C)CCN)C1CCCC1. The Balaban J connectivity index is 2.39. The molecule has 0 amide bonds. The van der Waals surface area contributed by atoms with E-state index in [9.17, 15) is 0 Å². The number of rotatable bonds is 8. The summed E-state index contributed by atoms with van der Waals surface area (Å²) in [4.78, 5) is 2.76. The van der Waals surface area contributed by atoms with Gasteiger partial charge in [0.2, 0.25) is 0 Å². The first-order valence-corrected chi connectivity index (χ1v) is 7.57. The van der Waals surface area contributed by atoms with Crippen LogP contribution in [0.1, 0.15) is 59.3 Å². The fourth-order valence-electron chi connectivity index (χ4n) is 2.89. The zero-order valence-corrected chi connectivity index (χ0v) is 12.1. The topological polar surface area (TPSA) is 29.3 Å². The lowest BCUT2D eigenvalue weighted by molar-refractivity contribution is 0.161. The Morgan fingerprint density at radius 2 is 1.76 bits per heavy atom. The van der Waals surface area contributed by atoms with Gasteiger partial charge in [-0.05, 0) is 50.6 Å². The Bertz CT molecular complexity index is 185. The van der Waals surface area contributed by atoms with E-state index in [0.29, 0.717) is 0 Å². The Morgan fingerprint density at radius 1 is 1.12 bits per heavy atom. The van der Waals surface area contributed by atoms with Gasteiger partial charge in [0, 0.05) is 12.6 Å². The first kappa shape index (κ1) is 15.0. The molecule has 0 aromatic heterocycles. The summed E-state index contributed by atoms with van der Waals surface area (Å²) in [6, 6.07) is 0.869. The second kappa shape index (κ2) is 8.10. The van der Waals surface area contributed by atoms with Crippen molar-refractivity contribution in [2.24, 2.45) is 17.6 Å². The second-order valence-corrected chi connectivity index (χ2v) is 6.30. The molecule has 1 aliphatic carbocycles. The van der Waals surface area contributed by atoms with Crippen molar-refractivity contribution in [3.63, 3.8) is 0 Å². The molecule has 1 saturated carbocycles. The van der Waals surface area contributed by atoms with Crippen molar-refractivity contribution in [3.05, 3.63) is 0 Å². The molecular weight excluding hydrogens is 208 g/mol. The Hall–Kier alpha value is -0.0800. The molecule has 2 heteroatoms. The van der Waals surface area contributed by atoms with Crippen LogP contribution in [-0.4, -0.2) is 30.6 Å². The summed E-state index contributed by atoms with van der Waals surface area (Å²) in [5.41, 5.74) is 5.66. The van der Waals surface area contributed by atoms with Crippen LogP contribution in [0.25, 0.3) is 0 Å². The largest absolute Gasteiger partial charge is 0.330 e. The fourth-order valence-corrected chi connectivity index (χ4v) is 2.89. The maximum atomic E-state index is 5.66. The molecule has 1 aliphatic rings. The Labute approximate surface area is 108 Å². The zero-order valence-electron chi connectivity index (χ0n) is 12.1. The van der Waals surface area contributed by atoms with E-state index < -0.39 is 0 Å². The van der Waals surface area contributed by atoms with E-state index in [4.69, 9.17) is 5.73 Å². The molecule has 2 nitrogen and oxygen atoms in total. The quantitative estimate of drug-likeness (QED) is 0.705. The molecule has 102 valence electrons. The van der Waals surface area contributed by atoms with Gasteiger partial charge in [-0.15, -0.1) is 0 Å². The molecule has 0 radical (unpaired) electrons. The minimum atomic E-state index is 0.757. The van der Waals surface area contributed by atoms with E-state index in [1.807, 2.05) is 0 Å². The first-order chi connectivity index (χ1) is 8.13. The molecule has 0 aromatic carbocycles. The van der Waals surface area contributed by atoms with Crippen molar-refractivity contribution in [2.75, 3.05) is 19.6 Å². The molecule has 1 atom stereocenters. The summed E-state index contributed by atoms with van der Waals surface area (Å²) >= 11 is 0. The first-order valence-electron chi connectivity index (χ1n) is 7.57. The predicted octanol–water partition coefficient (Wildman–Crippen LogP) is 3.26. The minimum absolute atomic E-state index is 0.757. The smallest absolute Gasteiger partial charge is 0.00953 e. The maximum Gasteiger partial charge on any atom is 0.00953 e. The fraction of sp³-hybridized carbons (Fsp3) is 1.00. The lowest BCUT2D eigenvalue weighted by Gasteiger charge is -2.31. The Morgan fingerprint density at radius 3 is 2.29 bits per heavy atom. The predicted molar refractivity (Wildman–Crippen MR) is 76.1 cm³/mol. The summed E-state index contributed by atoms with van der Waals surface area (Å²) in [5, 5.41) is 0. The molecule has 17 heavy (non-hydrogen) atoms. The van der Waals surface area contributed by atoms with Gasteiger partial charge in [0.25, 0.3) is 0 Å². The number of hydrogen-bond acceptors (Lipinski definition) is 2. The van der Waals surface area contributed by atoms with Crippen molar-refractivity contribution in [2.45, 2.75) is 65.3 Å². The van der Waals surface area contributed by atoms with Gasteiger partial charge >= 0.3 is 0 Å². The second-order valence-electron chi connectivity index (χ2n) is 6.30. The van der Waals surface area contributed by atoms with Gasteiger partial charge in [0.1, 0.15) is 0 Å². The van der Waals surface area contributed by atoms with Crippen LogP contribution in [0, 0.1) is 11.8 Å². The van der Waals surface area contributed by atoms with E-state index >= 15 is 0 Å². The highest BCUT2D eigenvalue weighted by molar-refractivity contribution is 4.79. The van der Waals surface area contributed by atoms with E-state index in [1.165, 1.54) is 51.6 Å². The van der Waals surface area contributed by atoms with Gasteiger partial charge in [0.05, 0.1) is 0 Å². The summed E-state index contributed by atoms with van der Waals surface area (Å²) in [5.74, 6) is 1.58. The average Bonchev–Trinajstić information content (AvgIpc) is 2.77.